The van der Waals surface area contributed by atoms with Gasteiger partial charge in [0.05, 0.1) is 15.2 Å². The minimum atomic E-state index is -0.127. The topological polar surface area (TPSA) is 74.8 Å². The fourth-order valence-corrected chi connectivity index (χ4v) is 5.10. The summed E-state index contributed by atoms with van der Waals surface area (Å²) in [6, 6.07) is 13.9. The maximum atomic E-state index is 11.8. The van der Waals surface area contributed by atoms with Crippen molar-refractivity contribution in [2.24, 2.45) is 0 Å². The number of nitrogens with zero attached hydrogens (tertiary/aromatic N) is 4. The van der Waals surface area contributed by atoms with Crippen molar-refractivity contribution in [2.45, 2.75) is 32.1 Å². The number of hydrogen-bond donors (Lipinski definition) is 1. The van der Waals surface area contributed by atoms with E-state index in [-0.39, 0.29) is 5.56 Å². The van der Waals surface area contributed by atoms with Crippen molar-refractivity contribution < 1.29 is 0 Å². The molecule has 1 fully saturated rings. The van der Waals surface area contributed by atoms with Crippen molar-refractivity contribution >= 4 is 27.4 Å². The van der Waals surface area contributed by atoms with Crippen LogP contribution in [0.1, 0.15) is 36.4 Å². The third-order valence-corrected chi connectivity index (χ3v) is 6.86. The summed E-state index contributed by atoms with van der Waals surface area (Å²) >= 11 is 1.82. The number of anilines is 1. The van der Waals surface area contributed by atoms with Gasteiger partial charge < -0.3 is 9.88 Å². The summed E-state index contributed by atoms with van der Waals surface area (Å²) in [6.07, 6.45) is 4.69. The standard InChI is InChI=1S/C23H23N5OS/c1-2-17-13-21(29)27-22(25-17)16-7-8-20(24-14-16)28-11-9-15(10-12-28)23-26-18-5-3-4-6-19(18)30-23/h3-8,13-15H,2,9-12H2,1H3,(H,25,27,29). The molecule has 1 aliphatic heterocycles. The first kappa shape index (κ1) is 18.9. The number of nitrogens with one attached hydrogen (secondary N) is 1. The molecule has 4 aromatic rings. The lowest BCUT2D eigenvalue weighted by Gasteiger charge is -2.32. The van der Waals surface area contributed by atoms with Crippen LogP contribution in [0.5, 0.6) is 0 Å². The number of H-pyrrole nitrogens is 1. The van der Waals surface area contributed by atoms with E-state index in [1.165, 1.54) is 9.71 Å². The normalized spacial score (nSPS) is 15.0. The zero-order valence-electron chi connectivity index (χ0n) is 16.8. The number of thiazole rings is 1. The van der Waals surface area contributed by atoms with E-state index in [9.17, 15) is 4.79 Å². The van der Waals surface area contributed by atoms with Gasteiger partial charge in [0.15, 0.2) is 0 Å². The molecule has 1 aromatic carbocycles. The second-order valence-electron chi connectivity index (χ2n) is 7.63. The summed E-state index contributed by atoms with van der Waals surface area (Å²) in [5.41, 5.74) is 2.60. The number of pyridine rings is 1. The monoisotopic (exact) mass is 417 g/mol. The molecule has 4 heterocycles. The lowest BCUT2D eigenvalue weighted by atomic mass is 9.97. The molecule has 0 spiro atoms. The van der Waals surface area contributed by atoms with Gasteiger partial charge in [-0.3, -0.25) is 4.79 Å². The SMILES string of the molecule is CCc1cc(=O)[nH]c(-c2ccc(N3CCC(c4nc5ccccc5s4)CC3)nc2)n1. The Kier molecular flexibility index (Phi) is 5.04. The maximum absolute atomic E-state index is 11.8. The molecule has 0 saturated carbocycles. The highest BCUT2D eigenvalue weighted by atomic mass is 32.1. The van der Waals surface area contributed by atoms with Crippen LogP contribution in [0.4, 0.5) is 5.82 Å². The van der Waals surface area contributed by atoms with Crippen LogP contribution >= 0.6 is 11.3 Å². The van der Waals surface area contributed by atoms with Crippen molar-refractivity contribution in [1.82, 2.24) is 19.9 Å². The van der Waals surface area contributed by atoms with Crippen LogP contribution in [0.25, 0.3) is 21.6 Å². The molecule has 7 heteroatoms. The second-order valence-corrected chi connectivity index (χ2v) is 8.69. The van der Waals surface area contributed by atoms with E-state index in [1.54, 1.807) is 12.3 Å². The van der Waals surface area contributed by atoms with E-state index in [0.29, 0.717) is 11.7 Å². The number of para-hydroxylation sites is 1. The Balaban J connectivity index is 1.28. The van der Waals surface area contributed by atoms with E-state index in [0.717, 1.165) is 54.9 Å². The van der Waals surface area contributed by atoms with Crippen molar-refractivity contribution in [2.75, 3.05) is 18.0 Å². The highest BCUT2D eigenvalue weighted by Crippen LogP contribution is 2.34. The molecule has 0 bridgehead atoms. The predicted octanol–water partition coefficient (Wildman–Crippen LogP) is 4.39. The molecular formula is C23H23N5OS. The van der Waals surface area contributed by atoms with Crippen molar-refractivity contribution in [3.8, 4) is 11.4 Å². The Morgan fingerprint density at radius 2 is 1.97 bits per heavy atom. The van der Waals surface area contributed by atoms with Crippen molar-refractivity contribution in [3.05, 3.63) is 69.7 Å². The molecule has 5 rings (SSSR count). The molecule has 0 amide bonds. The fourth-order valence-electron chi connectivity index (χ4n) is 3.96. The summed E-state index contributed by atoms with van der Waals surface area (Å²) in [4.78, 5) is 31.0. The van der Waals surface area contributed by atoms with E-state index in [1.807, 2.05) is 36.5 Å². The van der Waals surface area contributed by atoms with Gasteiger partial charge in [-0.05, 0) is 43.5 Å². The summed E-state index contributed by atoms with van der Waals surface area (Å²) in [5.74, 6) is 2.06. The van der Waals surface area contributed by atoms with Gasteiger partial charge in [0.2, 0.25) is 0 Å². The largest absolute Gasteiger partial charge is 0.357 e. The maximum Gasteiger partial charge on any atom is 0.251 e. The first-order valence-electron chi connectivity index (χ1n) is 10.4. The molecule has 1 aliphatic rings. The van der Waals surface area contributed by atoms with Crippen molar-refractivity contribution in [1.29, 1.82) is 0 Å². The van der Waals surface area contributed by atoms with Crippen molar-refractivity contribution in [3.63, 3.8) is 0 Å². The van der Waals surface area contributed by atoms with Crippen LogP contribution in [-0.2, 0) is 6.42 Å². The van der Waals surface area contributed by atoms with Gasteiger partial charge in [0.25, 0.3) is 5.56 Å². The zero-order chi connectivity index (χ0) is 20.5. The van der Waals surface area contributed by atoms with Crippen LogP contribution in [0.15, 0.2) is 53.5 Å². The number of aromatic amines is 1. The lowest BCUT2D eigenvalue weighted by Crippen LogP contribution is -2.33. The summed E-state index contributed by atoms with van der Waals surface area (Å²) in [6.45, 7) is 3.92. The molecule has 1 N–H and O–H groups in total. The third-order valence-electron chi connectivity index (χ3n) is 5.66. The van der Waals surface area contributed by atoms with Gasteiger partial charge in [-0.15, -0.1) is 11.3 Å². The van der Waals surface area contributed by atoms with E-state index < -0.39 is 0 Å². The summed E-state index contributed by atoms with van der Waals surface area (Å²) in [7, 11) is 0. The first-order chi connectivity index (χ1) is 14.7. The van der Waals surface area contributed by atoms with Gasteiger partial charge in [-0.25, -0.2) is 15.0 Å². The fraction of sp³-hybridized carbons (Fsp3) is 0.304. The van der Waals surface area contributed by atoms with Crippen LogP contribution < -0.4 is 10.5 Å². The Morgan fingerprint density at radius 1 is 1.13 bits per heavy atom. The quantitative estimate of drug-likeness (QED) is 0.533. The lowest BCUT2D eigenvalue weighted by molar-refractivity contribution is 0.501. The molecule has 30 heavy (non-hydrogen) atoms. The number of piperidine rings is 1. The first-order valence-corrected chi connectivity index (χ1v) is 11.2. The molecule has 3 aromatic heterocycles. The molecule has 6 nitrogen and oxygen atoms in total. The molecule has 0 radical (unpaired) electrons. The molecular weight excluding hydrogens is 394 g/mol. The summed E-state index contributed by atoms with van der Waals surface area (Å²) < 4.78 is 1.27. The van der Waals surface area contributed by atoms with Gasteiger partial charge in [0.1, 0.15) is 11.6 Å². The van der Waals surface area contributed by atoms with E-state index in [2.05, 4.69) is 38.1 Å². The van der Waals surface area contributed by atoms with Gasteiger partial charge in [-0.2, -0.15) is 0 Å². The number of rotatable bonds is 4. The zero-order valence-corrected chi connectivity index (χ0v) is 17.7. The molecule has 0 atom stereocenters. The smallest absolute Gasteiger partial charge is 0.251 e. The van der Waals surface area contributed by atoms with E-state index in [4.69, 9.17) is 4.98 Å². The minimum Gasteiger partial charge on any atom is -0.357 e. The van der Waals surface area contributed by atoms with Crippen LogP contribution in [0.3, 0.4) is 0 Å². The number of fused-ring (bicyclic) bond motifs is 1. The third kappa shape index (κ3) is 3.73. The second kappa shape index (κ2) is 7.99. The Hall–Kier alpha value is -3.06. The van der Waals surface area contributed by atoms with Gasteiger partial charge in [0, 0.05) is 42.5 Å². The average molecular weight is 418 g/mol. The number of aromatic nitrogens is 4. The summed E-state index contributed by atoms with van der Waals surface area (Å²) in [5, 5.41) is 1.25. The highest BCUT2D eigenvalue weighted by molar-refractivity contribution is 7.18. The van der Waals surface area contributed by atoms with E-state index >= 15 is 0 Å². The molecule has 0 unspecified atom stereocenters. The van der Waals surface area contributed by atoms with Gasteiger partial charge in [-0.1, -0.05) is 19.1 Å². The Labute approximate surface area is 178 Å². The number of benzene rings is 1. The average Bonchev–Trinajstić information content (AvgIpc) is 3.23. The molecule has 152 valence electrons. The predicted molar refractivity (Wildman–Crippen MR) is 121 cm³/mol. The number of aryl methyl sites for hydroxylation is 1. The van der Waals surface area contributed by atoms with Gasteiger partial charge >= 0.3 is 0 Å². The number of hydrogen-bond acceptors (Lipinski definition) is 6. The highest BCUT2D eigenvalue weighted by Gasteiger charge is 2.24. The van der Waals surface area contributed by atoms with Crippen LogP contribution in [-0.4, -0.2) is 33.0 Å². The Bertz CT molecular complexity index is 1190. The molecule has 1 saturated heterocycles. The minimum absolute atomic E-state index is 0.127. The van der Waals surface area contributed by atoms with Crippen LogP contribution in [0, 0.1) is 0 Å². The molecule has 0 aliphatic carbocycles. The van der Waals surface area contributed by atoms with Crippen LogP contribution in [0.2, 0.25) is 0 Å². The Morgan fingerprint density at radius 3 is 2.70 bits per heavy atom.